The first kappa shape index (κ1) is 10.6. The Balaban J connectivity index is 2.94. The highest BCUT2D eigenvalue weighted by Crippen LogP contribution is 2.26. The summed E-state index contributed by atoms with van der Waals surface area (Å²) in [6.07, 6.45) is 0. The zero-order valence-corrected chi connectivity index (χ0v) is 10.8. The van der Waals surface area contributed by atoms with Gasteiger partial charge < -0.3 is 4.52 Å². The van der Waals surface area contributed by atoms with E-state index in [4.69, 9.17) is 4.52 Å². The van der Waals surface area contributed by atoms with Crippen LogP contribution in [0.25, 0.3) is 11.0 Å². The molecule has 6 heteroatoms. The fourth-order valence-corrected chi connectivity index (χ4v) is 2.56. The van der Waals surface area contributed by atoms with E-state index in [2.05, 4.69) is 31.9 Å². The smallest absolute Gasteiger partial charge is 0.298 e. The van der Waals surface area contributed by atoms with E-state index in [9.17, 15) is 9.59 Å². The van der Waals surface area contributed by atoms with E-state index in [1.807, 2.05) is 0 Å². The van der Waals surface area contributed by atoms with Crippen molar-refractivity contribution < 1.29 is 9.32 Å². The van der Waals surface area contributed by atoms with Gasteiger partial charge in [-0.25, -0.2) is 0 Å². The summed E-state index contributed by atoms with van der Waals surface area (Å²) in [6.45, 7) is 1.27. The fraction of sp³-hybridized carbons (Fsp3) is 0.111. The van der Waals surface area contributed by atoms with Gasteiger partial charge in [-0.15, -0.1) is 4.74 Å². The summed E-state index contributed by atoms with van der Waals surface area (Å²) in [5.74, 6) is -0.445. The highest BCUT2D eigenvalue weighted by Gasteiger charge is 2.15. The van der Waals surface area contributed by atoms with Crippen molar-refractivity contribution in [2.24, 2.45) is 0 Å². The fourth-order valence-electron chi connectivity index (χ4n) is 1.26. The molecule has 0 aliphatic carbocycles. The van der Waals surface area contributed by atoms with Crippen LogP contribution in [0.1, 0.15) is 11.7 Å². The van der Waals surface area contributed by atoms with E-state index in [0.717, 1.165) is 9.21 Å². The molecule has 1 aromatic carbocycles. The maximum atomic E-state index is 11.7. The average Bonchev–Trinajstić information content (AvgIpc) is 2.44. The predicted octanol–water partition coefficient (Wildman–Crippen LogP) is 2.78. The van der Waals surface area contributed by atoms with Crippen LogP contribution in [0.2, 0.25) is 0 Å². The number of halogens is 2. The first-order valence-corrected chi connectivity index (χ1v) is 5.61. The Bertz CT molecular complexity index is 612. The van der Waals surface area contributed by atoms with Crippen molar-refractivity contribution in [2.45, 2.75) is 6.92 Å². The maximum absolute atomic E-state index is 11.7. The monoisotopic (exact) mass is 333 g/mol. The third-order valence-corrected chi connectivity index (χ3v) is 2.94. The van der Waals surface area contributed by atoms with Crippen LogP contribution < -0.4 is 5.56 Å². The van der Waals surface area contributed by atoms with Crippen LogP contribution in [0.5, 0.6) is 0 Å². The molecule has 0 aliphatic rings. The molecule has 0 saturated heterocycles. The van der Waals surface area contributed by atoms with Gasteiger partial charge in [-0.05, 0) is 28.1 Å². The molecule has 0 bridgehead atoms. The number of hydrogen-bond acceptors (Lipinski definition) is 3. The van der Waals surface area contributed by atoms with Crippen molar-refractivity contribution in [3.8, 4) is 0 Å². The lowest BCUT2D eigenvalue weighted by molar-refractivity contribution is 0.0825. The normalized spacial score (nSPS) is 10.9. The van der Waals surface area contributed by atoms with Crippen LogP contribution in [-0.4, -0.2) is 10.6 Å². The second-order valence-corrected chi connectivity index (χ2v) is 4.74. The molecule has 0 N–H and O–H groups in total. The Morgan fingerprint density at radius 1 is 1.40 bits per heavy atom. The molecule has 0 unspecified atom stereocenters. The van der Waals surface area contributed by atoms with E-state index < -0.39 is 11.5 Å². The molecular weight excluding hydrogens is 330 g/mol. The SMILES string of the molecule is CC(=O)n1oc2c(Br)cc(Br)cc2c1=O. The molecule has 1 aromatic heterocycles. The topological polar surface area (TPSA) is 52.2 Å². The van der Waals surface area contributed by atoms with Gasteiger partial charge in [0.2, 0.25) is 0 Å². The molecule has 4 nitrogen and oxygen atoms in total. The minimum absolute atomic E-state index is 0.367. The third kappa shape index (κ3) is 1.68. The van der Waals surface area contributed by atoms with E-state index in [-0.39, 0.29) is 0 Å². The lowest BCUT2D eigenvalue weighted by atomic mass is 10.3. The Morgan fingerprint density at radius 2 is 2.07 bits per heavy atom. The Hall–Kier alpha value is -0.880. The van der Waals surface area contributed by atoms with Crippen molar-refractivity contribution in [1.29, 1.82) is 0 Å². The van der Waals surface area contributed by atoms with Gasteiger partial charge in [0.1, 0.15) is 0 Å². The number of carbonyl (C=O) groups excluding carboxylic acids is 1. The number of aromatic nitrogens is 1. The highest BCUT2D eigenvalue weighted by molar-refractivity contribution is 9.11. The standard InChI is InChI=1S/C9H5Br2NO3/c1-4(13)12-9(14)6-2-5(10)3-7(11)8(6)15-12/h2-3H,1H3. The molecule has 2 rings (SSSR count). The molecule has 0 fully saturated rings. The van der Waals surface area contributed by atoms with Crippen LogP contribution in [0.3, 0.4) is 0 Å². The second-order valence-electron chi connectivity index (χ2n) is 2.97. The number of carbonyl (C=O) groups is 1. The lowest BCUT2D eigenvalue weighted by Crippen LogP contribution is -2.19. The van der Waals surface area contributed by atoms with Crippen molar-refractivity contribution in [1.82, 2.24) is 4.74 Å². The van der Waals surface area contributed by atoms with Crippen molar-refractivity contribution in [2.75, 3.05) is 0 Å². The quantitative estimate of drug-likeness (QED) is 0.744. The lowest BCUT2D eigenvalue weighted by Gasteiger charge is -1.92. The van der Waals surface area contributed by atoms with Crippen LogP contribution in [-0.2, 0) is 0 Å². The maximum Gasteiger partial charge on any atom is 0.298 e. The average molecular weight is 335 g/mol. The summed E-state index contributed by atoms with van der Waals surface area (Å²) in [4.78, 5) is 22.8. The molecule has 0 spiro atoms. The molecular formula is C9H5Br2NO3. The molecule has 1 heterocycles. The molecule has 0 radical (unpaired) electrons. The van der Waals surface area contributed by atoms with Crippen LogP contribution in [0, 0.1) is 0 Å². The van der Waals surface area contributed by atoms with Crippen LogP contribution in [0.15, 0.2) is 30.4 Å². The Kier molecular flexibility index (Phi) is 2.56. The van der Waals surface area contributed by atoms with Gasteiger partial charge >= 0.3 is 0 Å². The van der Waals surface area contributed by atoms with Crippen molar-refractivity contribution in [3.63, 3.8) is 0 Å². The summed E-state index contributed by atoms with van der Waals surface area (Å²) in [7, 11) is 0. The van der Waals surface area contributed by atoms with Gasteiger partial charge in [0.05, 0.1) is 9.86 Å². The summed E-state index contributed by atoms with van der Waals surface area (Å²) < 4.78 is 7.25. The first-order valence-electron chi connectivity index (χ1n) is 4.02. The van der Waals surface area contributed by atoms with Gasteiger partial charge in [0.15, 0.2) is 5.58 Å². The zero-order valence-electron chi connectivity index (χ0n) is 7.58. The second kappa shape index (κ2) is 3.61. The van der Waals surface area contributed by atoms with Crippen LogP contribution >= 0.6 is 31.9 Å². The van der Waals surface area contributed by atoms with Crippen molar-refractivity contribution >= 4 is 48.7 Å². The van der Waals surface area contributed by atoms with Gasteiger partial charge in [0, 0.05) is 11.4 Å². The van der Waals surface area contributed by atoms with Gasteiger partial charge in [-0.2, -0.15) is 0 Å². The number of fused-ring (bicyclic) bond motifs is 1. The van der Waals surface area contributed by atoms with Gasteiger partial charge in [-0.3, -0.25) is 9.59 Å². The Morgan fingerprint density at radius 3 is 2.67 bits per heavy atom. The summed E-state index contributed by atoms with van der Waals surface area (Å²) in [5, 5.41) is 0.367. The minimum atomic E-state index is -0.445. The molecule has 0 aliphatic heterocycles. The summed E-state index contributed by atoms with van der Waals surface area (Å²) in [5.41, 5.74) is -0.0714. The predicted molar refractivity (Wildman–Crippen MR) is 62.2 cm³/mol. The first-order chi connectivity index (χ1) is 7.00. The molecule has 2 aromatic rings. The van der Waals surface area contributed by atoms with E-state index >= 15 is 0 Å². The number of rotatable bonds is 0. The minimum Gasteiger partial charge on any atom is -0.367 e. The molecule has 0 amide bonds. The Labute approximate surface area is 101 Å². The van der Waals surface area contributed by atoms with E-state index in [1.165, 1.54) is 6.92 Å². The summed E-state index contributed by atoms with van der Waals surface area (Å²) >= 11 is 6.52. The van der Waals surface area contributed by atoms with Crippen molar-refractivity contribution in [3.05, 3.63) is 31.4 Å². The molecule has 78 valence electrons. The summed E-state index contributed by atoms with van der Waals surface area (Å²) in [6, 6.07) is 3.36. The largest absolute Gasteiger partial charge is 0.367 e. The van der Waals surface area contributed by atoms with Gasteiger partial charge in [0.25, 0.3) is 11.5 Å². The molecule has 0 saturated carbocycles. The third-order valence-electron chi connectivity index (χ3n) is 1.89. The van der Waals surface area contributed by atoms with Gasteiger partial charge in [-0.1, -0.05) is 15.9 Å². The number of nitrogens with zero attached hydrogens (tertiary/aromatic N) is 1. The molecule has 0 atom stereocenters. The van der Waals surface area contributed by atoms with Crippen LogP contribution in [0.4, 0.5) is 0 Å². The highest BCUT2D eigenvalue weighted by atomic mass is 79.9. The van der Waals surface area contributed by atoms with E-state index in [1.54, 1.807) is 12.1 Å². The number of benzene rings is 1. The molecule has 15 heavy (non-hydrogen) atoms. The zero-order chi connectivity index (χ0) is 11.2. The number of hydrogen-bond donors (Lipinski definition) is 0. The van der Waals surface area contributed by atoms with E-state index in [0.29, 0.717) is 15.4 Å².